The van der Waals surface area contributed by atoms with E-state index >= 15 is 0 Å². The summed E-state index contributed by atoms with van der Waals surface area (Å²) >= 11 is 3.85. The van der Waals surface area contributed by atoms with E-state index in [9.17, 15) is 4.79 Å². The second-order valence-electron chi connectivity index (χ2n) is 1.39. The molecular formula is C6H10O2S. The lowest BCUT2D eigenvalue weighted by Gasteiger charge is -1.97. The monoisotopic (exact) mass is 146 g/mol. The fraction of sp³-hybridized carbons (Fsp3) is 0.500. The van der Waals surface area contributed by atoms with Crippen LogP contribution in [0.25, 0.3) is 0 Å². The number of allylic oxidation sites excluding steroid dienone is 1. The van der Waals surface area contributed by atoms with Crippen LogP contribution in [0.4, 0.5) is 0 Å². The van der Waals surface area contributed by atoms with E-state index in [1.165, 1.54) is 0 Å². The summed E-state index contributed by atoms with van der Waals surface area (Å²) in [5, 5.41) is 0. The fourth-order valence-corrected chi connectivity index (χ4v) is 0.387. The maximum absolute atomic E-state index is 10.6. The Morgan fingerprint density at radius 3 is 2.67 bits per heavy atom. The molecule has 0 aromatic heterocycles. The normalized spacial score (nSPS) is 11.2. The predicted molar refractivity (Wildman–Crippen MR) is 39.4 cm³/mol. The van der Waals surface area contributed by atoms with Crippen LogP contribution in [0.3, 0.4) is 0 Å². The number of hydrogen-bond donors (Lipinski definition) is 1. The van der Waals surface area contributed by atoms with Crippen LogP contribution in [0.2, 0.25) is 0 Å². The van der Waals surface area contributed by atoms with Crippen molar-refractivity contribution in [1.82, 2.24) is 0 Å². The van der Waals surface area contributed by atoms with Gasteiger partial charge in [0, 0.05) is 0 Å². The van der Waals surface area contributed by atoms with Crippen LogP contribution in [0.15, 0.2) is 11.0 Å². The molecule has 0 saturated carbocycles. The van der Waals surface area contributed by atoms with Crippen molar-refractivity contribution in [2.75, 3.05) is 6.61 Å². The highest BCUT2D eigenvalue weighted by Crippen LogP contribution is 2.01. The van der Waals surface area contributed by atoms with Gasteiger partial charge < -0.3 is 4.74 Å². The van der Waals surface area contributed by atoms with E-state index in [2.05, 4.69) is 17.4 Å². The van der Waals surface area contributed by atoms with Gasteiger partial charge in [0.05, 0.1) is 11.5 Å². The molecule has 0 atom stereocenters. The number of rotatable bonds is 2. The minimum Gasteiger partial charge on any atom is -0.462 e. The third-order valence-corrected chi connectivity index (χ3v) is 1.20. The van der Waals surface area contributed by atoms with Crippen LogP contribution in [0.1, 0.15) is 13.8 Å². The number of ether oxygens (including phenoxy) is 1. The largest absolute Gasteiger partial charge is 0.462 e. The standard InChI is InChI=1S/C6H10O2S/c1-3-5(9)6(7)8-4-2/h3,9H,4H2,1-2H3/b5-3+. The third kappa shape index (κ3) is 3.19. The summed E-state index contributed by atoms with van der Waals surface area (Å²) in [5.41, 5.74) is 0. The Morgan fingerprint density at radius 2 is 2.33 bits per heavy atom. The average molecular weight is 146 g/mol. The molecule has 0 aromatic rings. The maximum atomic E-state index is 10.6. The summed E-state index contributed by atoms with van der Waals surface area (Å²) in [5.74, 6) is -0.358. The van der Waals surface area contributed by atoms with Crippen LogP contribution in [-0.2, 0) is 9.53 Å². The summed E-state index contributed by atoms with van der Waals surface area (Å²) in [6.45, 7) is 3.89. The van der Waals surface area contributed by atoms with E-state index in [0.29, 0.717) is 11.5 Å². The van der Waals surface area contributed by atoms with E-state index in [4.69, 9.17) is 0 Å². The molecule has 52 valence electrons. The van der Waals surface area contributed by atoms with E-state index in [-0.39, 0.29) is 5.97 Å². The molecule has 0 saturated heterocycles. The van der Waals surface area contributed by atoms with Gasteiger partial charge in [0.1, 0.15) is 0 Å². The van der Waals surface area contributed by atoms with Crippen molar-refractivity contribution in [1.29, 1.82) is 0 Å². The van der Waals surface area contributed by atoms with Crippen LogP contribution < -0.4 is 0 Å². The summed E-state index contributed by atoms with van der Waals surface area (Å²) < 4.78 is 4.61. The first-order valence-corrected chi connectivity index (χ1v) is 3.19. The number of carbonyl (C=O) groups is 1. The molecule has 0 N–H and O–H groups in total. The van der Waals surface area contributed by atoms with Gasteiger partial charge in [0.15, 0.2) is 0 Å². The van der Waals surface area contributed by atoms with Crippen molar-refractivity contribution in [2.45, 2.75) is 13.8 Å². The molecule has 0 aliphatic carbocycles. The lowest BCUT2D eigenvalue weighted by Crippen LogP contribution is -2.02. The zero-order valence-corrected chi connectivity index (χ0v) is 6.44. The van der Waals surface area contributed by atoms with Crippen molar-refractivity contribution in [3.05, 3.63) is 11.0 Å². The van der Waals surface area contributed by atoms with Crippen molar-refractivity contribution in [3.8, 4) is 0 Å². The molecule has 0 aliphatic rings. The van der Waals surface area contributed by atoms with Gasteiger partial charge in [-0.2, -0.15) is 0 Å². The Kier molecular flexibility index (Phi) is 4.22. The topological polar surface area (TPSA) is 26.3 Å². The highest BCUT2D eigenvalue weighted by atomic mass is 32.1. The number of esters is 1. The van der Waals surface area contributed by atoms with Crippen molar-refractivity contribution >= 4 is 18.6 Å². The number of hydrogen-bond acceptors (Lipinski definition) is 3. The molecule has 0 aromatic carbocycles. The summed E-state index contributed by atoms with van der Waals surface area (Å²) in [6.07, 6.45) is 1.60. The Bertz CT molecular complexity index is 129. The predicted octanol–water partition coefficient (Wildman–Crippen LogP) is 1.38. The molecule has 0 spiro atoms. The van der Waals surface area contributed by atoms with E-state index in [1.807, 2.05) is 0 Å². The molecule has 0 amide bonds. The van der Waals surface area contributed by atoms with Crippen molar-refractivity contribution in [2.24, 2.45) is 0 Å². The van der Waals surface area contributed by atoms with Crippen LogP contribution in [-0.4, -0.2) is 12.6 Å². The lowest BCUT2D eigenvalue weighted by molar-refractivity contribution is -0.137. The third-order valence-electron chi connectivity index (χ3n) is 0.758. The minimum absolute atomic E-state index is 0.358. The number of carbonyl (C=O) groups excluding carboxylic acids is 1. The van der Waals surface area contributed by atoms with Crippen molar-refractivity contribution in [3.63, 3.8) is 0 Å². The van der Waals surface area contributed by atoms with Gasteiger partial charge in [-0.25, -0.2) is 4.79 Å². The maximum Gasteiger partial charge on any atom is 0.343 e. The van der Waals surface area contributed by atoms with Gasteiger partial charge in [0.25, 0.3) is 0 Å². The van der Waals surface area contributed by atoms with Crippen LogP contribution in [0, 0.1) is 0 Å². The lowest BCUT2D eigenvalue weighted by atomic mass is 10.5. The highest BCUT2D eigenvalue weighted by molar-refractivity contribution is 7.85. The first kappa shape index (κ1) is 8.56. The van der Waals surface area contributed by atoms with Gasteiger partial charge in [-0.05, 0) is 13.8 Å². The second kappa shape index (κ2) is 4.44. The number of thiol groups is 1. The molecule has 0 radical (unpaired) electrons. The van der Waals surface area contributed by atoms with Gasteiger partial charge in [-0.15, -0.1) is 12.6 Å². The van der Waals surface area contributed by atoms with E-state index in [0.717, 1.165) is 0 Å². The van der Waals surface area contributed by atoms with Gasteiger partial charge in [0.2, 0.25) is 0 Å². The van der Waals surface area contributed by atoms with Crippen molar-refractivity contribution < 1.29 is 9.53 Å². The van der Waals surface area contributed by atoms with E-state index < -0.39 is 0 Å². The Labute approximate surface area is 60.3 Å². The molecule has 3 heteroatoms. The van der Waals surface area contributed by atoms with Gasteiger partial charge in [-0.1, -0.05) is 6.08 Å². The molecule has 0 unspecified atom stereocenters. The Balaban J connectivity index is 3.74. The summed E-state index contributed by atoms with van der Waals surface area (Å²) in [7, 11) is 0. The average Bonchev–Trinajstić information content (AvgIpc) is 1.87. The first-order chi connectivity index (χ1) is 4.22. The summed E-state index contributed by atoms with van der Waals surface area (Å²) in [4.78, 5) is 11.0. The molecule has 9 heavy (non-hydrogen) atoms. The Hall–Kier alpha value is -0.440. The van der Waals surface area contributed by atoms with Gasteiger partial charge in [-0.3, -0.25) is 0 Å². The molecule has 0 aliphatic heterocycles. The van der Waals surface area contributed by atoms with Crippen LogP contribution in [0.5, 0.6) is 0 Å². The molecule has 0 bridgehead atoms. The minimum atomic E-state index is -0.358. The SMILES string of the molecule is C/C=C(/S)C(=O)OCC. The smallest absolute Gasteiger partial charge is 0.343 e. The molecule has 0 fully saturated rings. The zero-order chi connectivity index (χ0) is 7.28. The first-order valence-electron chi connectivity index (χ1n) is 2.74. The second-order valence-corrected chi connectivity index (χ2v) is 1.88. The highest BCUT2D eigenvalue weighted by Gasteiger charge is 2.01. The molecule has 2 nitrogen and oxygen atoms in total. The molecule has 0 heterocycles. The summed E-state index contributed by atoms with van der Waals surface area (Å²) in [6, 6.07) is 0. The molecule has 0 rings (SSSR count). The Morgan fingerprint density at radius 1 is 1.78 bits per heavy atom. The zero-order valence-electron chi connectivity index (χ0n) is 5.55. The fourth-order valence-electron chi connectivity index (χ4n) is 0.323. The van der Waals surface area contributed by atoms with E-state index in [1.54, 1.807) is 19.9 Å². The molecular weight excluding hydrogens is 136 g/mol. The quantitative estimate of drug-likeness (QED) is 0.362. The van der Waals surface area contributed by atoms with Crippen LogP contribution >= 0.6 is 12.6 Å². The van der Waals surface area contributed by atoms with Gasteiger partial charge >= 0.3 is 5.97 Å².